The lowest BCUT2D eigenvalue weighted by Gasteiger charge is -2.03. The fourth-order valence-corrected chi connectivity index (χ4v) is 3.33. The van der Waals surface area contributed by atoms with E-state index in [1.54, 1.807) is 11.8 Å². The zero-order valence-corrected chi connectivity index (χ0v) is 13.1. The minimum absolute atomic E-state index is 0.120. The van der Waals surface area contributed by atoms with Crippen molar-refractivity contribution in [3.05, 3.63) is 59.1 Å². The number of amides is 1. The molecule has 0 aliphatic rings. The predicted octanol–water partition coefficient (Wildman–Crippen LogP) is 4.41. The Labute approximate surface area is 131 Å². The number of thioether (sulfide) groups is 1. The highest BCUT2D eigenvalue weighted by molar-refractivity contribution is 7.97. The second kappa shape index (κ2) is 6.28. The topological polar surface area (TPSA) is 42.0 Å². The van der Waals surface area contributed by atoms with Gasteiger partial charge in [-0.15, -0.1) is 11.3 Å². The standard InChI is InChI=1S/C16H14N2OS2/c1-20-9-14-10-21-16(17-14)18-15(19)13-7-6-11-4-2-3-5-12(11)8-13/h2-8,10H,9H2,1H3,(H,17,18,19). The highest BCUT2D eigenvalue weighted by Crippen LogP contribution is 2.20. The molecule has 1 aromatic heterocycles. The summed E-state index contributed by atoms with van der Waals surface area (Å²) in [6, 6.07) is 13.7. The number of anilines is 1. The van der Waals surface area contributed by atoms with Gasteiger partial charge in [-0.2, -0.15) is 11.8 Å². The second-order valence-electron chi connectivity index (χ2n) is 4.59. The average Bonchev–Trinajstić information content (AvgIpc) is 2.94. The van der Waals surface area contributed by atoms with Crippen molar-refractivity contribution in [1.82, 2.24) is 4.98 Å². The first-order valence-corrected chi connectivity index (χ1v) is 8.77. The van der Waals surface area contributed by atoms with E-state index in [1.807, 2.05) is 54.1 Å². The van der Waals surface area contributed by atoms with E-state index in [4.69, 9.17) is 0 Å². The lowest BCUT2D eigenvalue weighted by molar-refractivity contribution is 0.102. The van der Waals surface area contributed by atoms with Crippen molar-refractivity contribution in [2.45, 2.75) is 5.75 Å². The van der Waals surface area contributed by atoms with Crippen LogP contribution in [0.5, 0.6) is 0 Å². The number of aromatic nitrogens is 1. The zero-order valence-electron chi connectivity index (χ0n) is 11.5. The Morgan fingerprint density at radius 3 is 2.86 bits per heavy atom. The summed E-state index contributed by atoms with van der Waals surface area (Å²) in [6.45, 7) is 0. The van der Waals surface area contributed by atoms with Crippen molar-refractivity contribution in [1.29, 1.82) is 0 Å². The normalized spacial score (nSPS) is 10.7. The van der Waals surface area contributed by atoms with Crippen LogP contribution in [0.25, 0.3) is 10.8 Å². The molecule has 106 valence electrons. The van der Waals surface area contributed by atoms with E-state index in [0.717, 1.165) is 22.2 Å². The predicted molar refractivity (Wildman–Crippen MR) is 91.2 cm³/mol. The summed E-state index contributed by atoms with van der Waals surface area (Å²) in [6.07, 6.45) is 2.03. The molecule has 3 aromatic rings. The summed E-state index contributed by atoms with van der Waals surface area (Å²) >= 11 is 3.18. The third-order valence-corrected chi connectivity index (χ3v) is 4.47. The molecule has 1 amide bonds. The smallest absolute Gasteiger partial charge is 0.257 e. The fraction of sp³-hybridized carbons (Fsp3) is 0.125. The second-order valence-corrected chi connectivity index (χ2v) is 6.32. The van der Waals surface area contributed by atoms with E-state index in [1.165, 1.54) is 11.3 Å². The number of thiazole rings is 1. The number of nitrogens with zero attached hydrogens (tertiary/aromatic N) is 1. The first kappa shape index (κ1) is 14.1. The quantitative estimate of drug-likeness (QED) is 0.775. The maximum atomic E-state index is 12.3. The van der Waals surface area contributed by atoms with Crippen molar-refractivity contribution in [3.8, 4) is 0 Å². The van der Waals surface area contributed by atoms with E-state index >= 15 is 0 Å². The number of hydrogen-bond acceptors (Lipinski definition) is 4. The van der Waals surface area contributed by atoms with Gasteiger partial charge in [-0.25, -0.2) is 4.98 Å². The molecule has 21 heavy (non-hydrogen) atoms. The van der Waals surface area contributed by atoms with Crippen molar-refractivity contribution in [3.63, 3.8) is 0 Å². The highest BCUT2D eigenvalue weighted by atomic mass is 32.2. The SMILES string of the molecule is CSCc1csc(NC(=O)c2ccc3ccccc3c2)n1. The highest BCUT2D eigenvalue weighted by Gasteiger charge is 2.09. The molecule has 3 nitrogen and oxygen atoms in total. The molecule has 0 fully saturated rings. The van der Waals surface area contributed by atoms with Gasteiger partial charge in [0.1, 0.15) is 0 Å². The molecule has 0 atom stereocenters. The summed E-state index contributed by atoms with van der Waals surface area (Å²) in [4.78, 5) is 16.7. The molecular weight excluding hydrogens is 300 g/mol. The monoisotopic (exact) mass is 314 g/mol. The summed E-state index contributed by atoms with van der Waals surface area (Å²) in [5.74, 6) is 0.744. The van der Waals surface area contributed by atoms with Crippen LogP contribution in [0.4, 0.5) is 5.13 Å². The molecule has 0 saturated heterocycles. The number of hydrogen-bond donors (Lipinski definition) is 1. The van der Waals surface area contributed by atoms with Gasteiger partial charge in [-0.05, 0) is 29.2 Å². The molecular formula is C16H14N2OS2. The number of carbonyl (C=O) groups is 1. The average molecular weight is 314 g/mol. The maximum absolute atomic E-state index is 12.3. The van der Waals surface area contributed by atoms with Gasteiger partial charge in [0.05, 0.1) is 5.69 Å². The van der Waals surface area contributed by atoms with Gasteiger partial charge in [0.25, 0.3) is 5.91 Å². The number of fused-ring (bicyclic) bond motifs is 1. The van der Waals surface area contributed by atoms with Crippen LogP contribution in [0, 0.1) is 0 Å². The first-order valence-electron chi connectivity index (χ1n) is 6.50. The van der Waals surface area contributed by atoms with Gasteiger partial charge in [0, 0.05) is 16.7 Å². The molecule has 0 aliphatic carbocycles. The van der Waals surface area contributed by atoms with Gasteiger partial charge < -0.3 is 0 Å². The molecule has 2 aromatic carbocycles. The van der Waals surface area contributed by atoms with Gasteiger partial charge in [0.15, 0.2) is 5.13 Å². The molecule has 0 unspecified atom stereocenters. The number of benzene rings is 2. The Morgan fingerprint density at radius 2 is 2.05 bits per heavy atom. The Hall–Kier alpha value is -1.85. The minimum atomic E-state index is -0.120. The van der Waals surface area contributed by atoms with E-state index < -0.39 is 0 Å². The molecule has 0 bridgehead atoms. The van der Waals surface area contributed by atoms with Crippen LogP contribution in [0.1, 0.15) is 16.1 Å². The molecule has 1 heterocycles. The van der Waals surface area contributed by atoms with E-state index in [9.17, 15) is 4.79 Å². The number of rotatable bonds is 4. The zero-order chi connectivity index (χ0) is 14.7. The maximum Gasteiger partial charge on any atom is 0.257 e. The number of carbonyl (C=O) groups excluding carboxylic acids is 1. The lowest BCUT2D eigenvalue weighted by Crippen LogP contribution is -2.11. The van der Waals surface area contributed by atoms with Crippen molar-refractivity contribution in [2.75, 3.05) is 11.6 Å². The molecule has 0 aliphatic heterocycles. The third kappa shape index (κ3) is 3.25. The van der Waals surface area contributed by atoms with Crippen LogP contribution in [0.15, 0.2) is 47.8 Å². The summed E-state index contributed by atoms with van der Waals surface area (Å²) in [5, 5.41) is 7.68. The lowest BCUT2D eigenvalue weighted by atomic mass is 10.1. The summed E-state index contributed by atoms with van der Waals surface area (Å²) in [5.41, 5.74) is 1.65. The molecule has 1 N–H and O–H groups in total. The molecule has 5 heteroatoms. The van der Waals surface area contributed by atoms with Gasteiger partial charge in [-0.1, -0.05) is 30.3 Å². The third-order valence-electron chi connectivity index (χ3n) is 3.08. The first-order chi connectivity index (χ1) is 10.3. The van der Waals surface area contributed by atoms with E-state index in [-0.39, 0.29) is 5.91 Å². The summed E-state index contributed by atoms with van der Waals surface area (Å²) < 4.78 is 0. The van der Waals surface area contributed by atoms with Crippen molar-refractivity contribution < 1.29 is 4.79 Å². The van der Waals surface area contributed by atoms with Crippen LogP contribution >= 0.6 is 23.1 Å². The molecule has 0 spiro atoms. The van der Waals surface area contributed by atoms with Gasteiger partial charge in [0.2, 0.25) is 0 Å². The Kier molecular flexibility index (Phi) is 4.22. The molecule has 3 rings (SSSR count). The van der Waals surface area contributed by atoms with Crippen LogP contribution < -0.4 is 5.32 Å². The Morgan fingerprint density at radius 1 is 1.24 bits per heavy atom. The Bertz CT molecular complexity index is 783. The van der Waals surface area contributed by atoms with Crippen LogP contribution in [0.3, 0.4) is 0 Å². The number of nitrogens with one attached hydrogen (secondary N) is 1. The summed E-state index contributed by atoms with van der Waals surface area (Å²) in [7, 11) is 0. The fourth-order valence-electron chi connectivity index (χ4n) is 2.08. The van der Waals surface area contributed by atoms with Gasteiger partial charge in [-0.3, -0.25) is 10.1 Å². The Balaban J connectivity index is 1.79. The van der Waals surface area contributed by atoms with Gasteiger partial charge >= 0.3 is 0 Å². The van der Waals surface area contributed by atoms with E-state index in [2.05, 4.69) is 10.3 Å². The van der Waals surface area contributed by atoms with Crippen molar-refractivity contribution in [2.24, 2.45) is 0 Å². The van der Waals surface area contributed by atoms with Crippen LogP contribution in [0.2, 0.25) is 0 Å². The molecule has 0 radical (unpaired) electrons. The van der Waals surface area contributed by atoms with E-state index in [0.29, 0.717) is 10.7 Å². The largest absolute Gasteiger partial charge is 0.298 e. The van der Waals surface area contributed by atoms with Crippen LogP contribution in [-0.4, -0.2) is 17.1 Å². The van der Waals surface area contributed by atoms with Crippen molar-refractivity contribution >= 4 is 44.9 Å². The van der Waals surface area contributed by atoms with Crippen LogP contribution in [-0.2, 0) is 5.75 Å². The minimum Gasteiger partial charge on any atom is -0.298 e. The molecule has 0 saturated carbocycles.